The second-order valence-corrected chi connectivity index (χ2v) is 5.52. The molecule has 0 aromatic carbocycles. The van der Waals surface area contributed by atoms with Crippen LogP contribution in [0, 0.1) is 0 Å². The molecule has 2 heterocycles. The monoisotopic (exact) mass is 518 g/mol. The number of aliphatic imine (C=N–C) groups is 1. The maximum Gasteiger partial charge on any atom is 0.417 e. The average Bonchev–Trinajstić information content (AvgIpc) is 3.10. The number of furan rings is 1. The first kappa shape index (κ1) is 23.3. The molecule has 2 N–H and O–H groups in total. The van der Waals surface area contributed by atoms with E-state index >= 15 is 0 Å². The Hall–Kier alpha value is -1.69. The molecule has 2 rings (SSSR count). The summed E-state index contributed by atoms with van der Waals surface area (Å²) in [4.78, 5) is 7.65. The largest absolute Gasteiger partial charge is 0.475 e. The normalized spacial score (nSPS) is 11.7. The van der Waals surface area contributed by atoms with Crippen LogP contribution in [-0.2, 0) is 12.6 Å². The number of hydrogen-bond acceptors (Lipinski definition) is 4. The zero-order chi connectivity index (χ0) is 19.0. The van der Waals surface area contributed by atoms with Crippen LogP contribution in [0.4, 0.5) is 13.2 Å². The van der Waals surface area contributed by atoms with Crippen LogP contribution in [0.5, 0.6) is 5.88 Å². The van der Waals surface area contributed by atoms with E-state index < -0.39 is 11.7 Å². The highest BCUT2D eigenvalue weighted by molar-refractivity contribution is 14.0. The zero-order valence-corrected chi connectivity index (χ0v) is 17.4. The highest BCUT2D eigenvalue weighted by Crippen LogP contribution is 2.32. The van der Waals surface area contributed by atoms with Gasteiger partial charge in [0.2, 0.25) is 5.88 Å². The van der Waals surface area contributed by atoms with Crippen molar-refractivity contribution < 1.29 is 22.3 Å². The Morgan fingerprint density at radius 1 is 1.33 bits per heavy atom. The van der Waals surface area contributed by atoms with E-state index in [0.29, 0.717) is 31.7 Å². The third-order valence-corrected chi connectivity index (χ3v) is 3.51. The smallest absolute Gasteiger partial charge is 0.417 e. The molecule has 0 aliphatic carbocycles. The summed E-state index contributed by atoms with van der Waals surface area (Å²) in [6, 6.07) is 4.49. The molecule has 0 saturated carbocycles. The van der Waals surface area contributed by atoms with E-state index in [-0.39, 0.29) is 41.5 Å². The SMILES string of the molecule is CN=C(NCCOc1ncc(C(F)(F)F)cc1Cl)NCCc1ccco1.I. The van der Waals surface area contributed by atoms with Gasteiger partial charge in [-0.05, 0) is 18.2 Å². The van der Waals surface area contributed by atoms with Crippen LogP contribution in [0.15, 0.2) is 40.1 Å². The molecular weight excluding hydrogens is 500 g/mol. The number of ether oxygens (including phenoxy) is 1. The minimum Gasteiger partial charge on any atom is -0.475 e. The van der Waals surface area contributed by atoms with Crippen LogP contribution in [0.2, 0.25) is 5.02 Å². The lowest BCUT2D eigenvalue weighted by atomic mass is 10.3. The zero-order valence-electron chi connectivity index (χ0n) is 14.3. The van der Waals surface area contributed by atoms with Crippen molar-refractivity contribution in [2.45, 2.75) is 12.6 Å². The summed E-state index contributed by atoms with van der Waals surface area (Å²) in [5.41, 5.74) is -0.922. The van der Waals surface area contributed by atoms with E-state index in [1.807, 2.05) is 12.1 Å². The number of hydrogen-bond donors (Lipinski definition) is 2. The minimum absolute atomic E-state index is 0. The number of pyridine rings is 1. The van der Waals surface area contributed by atoms with Gasteiger partial charge in [0.15, 0.2) is 5.96 Å². The van der Waals surface area contributed by atoms with Gasteiger partial charge < -0.3 is 19.8 Å². The third kappa shape index (κ3) is 7.83. The fourth-order valence-corrected chi connectivity index (χ4v) is 2.20. The second kappa shape index (κ2) is 11.2. The fourth-order valence-electron chi connectivity index (χ4n) is 1.98. The van der Waals surface area contributed by atoms with Crippen molar-refractivity contribution in [3.05, 3.63) is 47.0 Å². The molecule has 2 aromatic heterocycles. The van der Waals surface area contributed by atoms with Gasteiger partial charge in [-0.15, -0.1) is 24.0 Å². The summed E-state index contributed by atoms with van der Waals surface area (Å²) in [7, 11) is 1.62. The highest BCUT2D eigenvalue weighted by atomic mass is 127. The first-order valence-electron chi connectivity index (χ1n) is 7.72. The molecule has 150 valence electrons. The molecule has 0 aliphatic rings. The summed E-state index contributed by atoms with van der Waals surface area (Å²) in [6.45, 7) is 1.14. The first-order chi connectivity index (χ1) is 12.4. The topological polar surface area (TPSA) is 71.7 Å². The van der Waals surface area contributed by atoms with Gasteiger partial charge in [-0.3, -0.25) is 4.99 Å². The fraction of sp³-hybridized carbons (Fsp3) is 0.375. The van der Waals surface area contributed by atoms with Gasteiger partial charge in [-0.2, -0.15) is 13.2 Å². The lowest BCUT2D eigenvalue weighted by Gasteiger charge is -2.13. The van der Waals surface area contributed by atoms with Gasteiger partial charge in [-0.25, -0.2) is 4.98 Å². The summed E-state index contributed by atoms with van der Waals surface area (Å²) in [5.74, 6) is 1.37. The van der Waals surface area contributed by atoms with Crippen LogP contribution in [0.25, 0.3) is 0 Å². The molecule has 0 radical (unpaired) electrons. The lowest BCUT2D eigenvalue weighted by Crippen LogP contribution is -2.40. The predicted octanol–water partition coefficient (Wildman–Crippen LogP) is 3.75. The van der Waals surface area contributed by atoms with Crippen LogP contribution in [0.1, 0.15) is 11.3 Å². The maximum absolute atomic E-state index is 12.6. The van der Waals surface area contributed by atoms with Crippen LogP contribution < -0.4 is 15.4 Å². The molecule has 0 aliphatic heterocycles. The number of nitrogens with zero attached hydrogens (tertiary/aromatic N) is 2. The van der Waals surface area contributed by atoms with Crippen molar-refractivity contribution in [1.29, 1.82) is 0 Å². The summed E-state index contributed by atoms with van der Waals surface area (Å²) < 4.78 is 48.2. The summed E-state index contributed by atoms with van der Waals surface area (Å²) in [5, 5.41) is 5.91. The quantitative estimate of drug-likeness (QED) is 0.253. The van der Waals surface area contributed by atoms with E-state index in [2.05, 4.69) is 20.6 Å². The van der Waals surface area contributed by atoms with Crippen LogP contribution in [-0.4, -0.2) is 37.7 Å². The van der Waals surface area contributed by atoms with Crippen LogP contribution in [0.3, 0.4) is 0 Å². The molecule has 11 heteroatoms. The molecule has 0 spiro atoms. The number of nitrogens with one attached hydrogen (secondary N) is 2. The van der Waals surface area contributed by atoms with E-state index in [1.165, 1.54) is 0 Å². The van der Waals surface area contributed by atoms with Gasteiger partial charge in [0.25, 0.3) is 0 Å². The molecule has 0 fully saturated rings. The first-order valence-corrected chi connectivity index (χ1v) is 8.10. The van der Waals surface area contributed by atoms with Crippen molar-refractivity contribution in [3.63, 3.8) is 0 Å². The Morgan fingerprint density at radius 3 is 2.67 bits per heavy atom. The second-order valence-electron chi connectivity index (χ2n) is 5.11. The molecule has 0 atom stereocenters. The van der Waals surface area contributed by atoms with Crippen molar-refractivity contribution in [1.82, 2.24) is 15.6 Å². The van der Waals surface area contributed by atoms with Gasteiger partial charge in [0, 0.05) is 26.2 Å². The van der Waals surface area contributed by atoms with Crippen molar-refractivity contribution >= 4 is 41.5 Å². The van der Waals surface area contributed by atoms with Crippen molar-refractivity contribution in [2.24, 2.45) is 4.99 Å². The molecule has 6 nitrogen and oxygen atoms in total. The number of aromatic nitrogens is 1. The molecule has 0 saturated heterocycles. The Kier molecular flexibility index (Phi) is 9.70. The Labute approximate surface area is 176 Å². The van der Waals surface area contributed by atoms with E-state index in [0.717, 1.165) is 11.8 Å². The van der Waals surface area contributed by atoms with E-state index in [1.54, 1.807) is 13.3 Å². The minimum atomic E-state index is -4.50. The van der Waals surface area contributed by atoms with E-state index in [9.17, 15) is 13.2 Å². The van der Waals surface area contributed by atoms with Gasteiger partial charge >= 0.3 is 6.18 Å². The molecule has 0 bridgehead atoms. The van der Waals surface area contributed by atoms with Gasteiger partial charge in [0.05, 0.1) is 18.4 Å². The number of guanidine groups is 1. The van der Waals surface area contributed by atoms with Gasteiger partial charge in [0.1, 0.15) is 17.4 Å². The number of halogens is 5. The Balaban J connectivity index is 0.00000364. The summed E-state index contributed by atoms with van der Waals surface area (Å²) >= 11 is 5.77. The maximum atomic E-state index is 12.6. The van der Waals surface area contributed by atoms with Crippen LogP contribution >= 0.6 is 35.6 Å². The number of alkyl halides is 3. The standard InChI is InChI=1S/C16H18ClF3N4O2.HI/c1-21-15(22-5-4-12-3-2-7-25-12)23-6-8-26-14-13(17)9-11(10-24-14)16(18,19)20;/h2-3,7,9-10H,4-6,8H2,1H3,(H2,21,22,23);1H. The molecule has 0 amide bonds. The molecule has 27 heavy (non-hydrogen) atoms. The van der Waals surface area contributed by atoms with Gasteiger partial charge in [-0.1, -0.05) is 11.6 Å². The predicted molar refractivity (Wildman–Crippen MR) is 107 cm³/mol. The Morgan fingerprint density at radius 2 is 2.07 bits per heavy atom. The third-order valence-electron chi connectivity index (χ3n) is 3.24. The average molecular weight is 519 g/mol. The highest BCUT2D eigenvalue weighted by Gasteiger charge is 2.31. The van der Waals surface area contributed by atoms with Crippen molar-refractivity contribution in [2.75, 3.05) is 26.7 Å². The lowest BCUT2D eigenvalue weighted by molar-refractivity contribution is -0.137. The molecular formula is C16H19ClF3IN4O2. The molecule has 2 aromatic rings. The van der Waals surface area contributed by atoms with E-state index in [4.69, 9.17) is 20.8 Å². The Bertz CT molecular complexity index is 727. The van der Waals surface area contributed by atoms with Crippen molar-refractivity contribution in [3.8, 4) is 5.88 Å². The number of rotatable bonds is 7. The summed E-state index contributed by atoms with van der Waals surface area (Å²) in [6.07, 6.45) is -1.50. The molecule has 0 unspecified atom stereocenters.